The Labute approximate surface area is 103 Å². The zero-order valence-corrected chi connectivity index (χ0v) is 10.4. The van der Waals surface area contributed by atoms with Gasteiger partial charge in [0.1, 0.15) is 0 Å². The molecule has 0 unspecified atom stereocenters. The van der Waals surface area contributed by atoms with E-state index in [0.29, 0.717) is 17.9 Å². The van der Waals surface area contributed by atoms with Crippen LogP contribution in [0, 0.1) is 11.8 Å². The van der Waals surface area contributed by atoms with E-state index in [1.165, 1.54) is 19.3 Å². The number of fused-ring (bicyclic) bond motifs is 1. The summed E-state index contributed by atoms with van der Waals surface area (Å²) in [6.07, 6.45) is 4.68. The molecule has 1 saturated carbocycles. The summed E-state index contributed by atoms with van der Waals surface area (Å²) in [5.41, 5.74) is 0. The summed E-state index contributed by atoms with van der Waals surface area (Å²) < 4.78 is 5.64. The lowest BCUT2D eigenvalue weighted by Gasteiger charge is -2.31. The van der Waals surface area contributed by atoms with Crippen LogP contribution in [0.2, 0.25) is 0 Å². The van der Waals surface area contributed by atoms with Gasteiger partial charge in [0.25, 0.3) is 0 Å². The maximum Gasteiger partial charge on any atom is 0.227 e. The van der Waals surface area contributed by atoms with E-state index >= 15 is 0 Å². The van der Waals surface area contributed by atoms with Gasteiger partial charge in [-0.3, -0.25) is 4.79 Å². The molecule has 1 aliphatic carbocycles. The summed E-state index contributed by atoms with van der Waals surface area (Å²) >= 11 is 0. The lowest BCUT2D eigenvalue weighted by molar-refractivity contribution is -0.137. The third-order valence-corrected chi connectivity index (χ3v) is 4.52. The second-order valence-electron chi connectivity index (χ2n) is 5.55. The van der Waals surface area contributed by atoms with Crippen LogP contribution in [0.5, 0.6) is 0 Å². The Morgan fingerprint density at radius 3 is 3.06 bits per heavy atom. The van der Waals surface area contributed by atoms with Gasteiger partial charge >= 0.3 is 0 Å². The Balaban J connectivity index is 1.72. The number of hydrogen-bond donors (Lipinski definition) is 1. The Morgan fingerprint density at radius 1 is 1.29 bits per heavy atom. The van der Waals surface area contributed by atoms with Gasteiger partial charge in [0.2, 0.25) is 5.91 Å². The first kappa shape index (κ1) is 11.5. The predicted octanol–water partition coefficient (Wildman–Crippen LogP) is 0.623. The molecule has 0 aromatic heterocycles. The number of amides is 1. The fourth-order valence-corrected chi connectivity index (χ4v) is 3.56. The average Bonchev–Trinajstić information content (AvgIpc) is 2.97. The van der Waals surface area contributed by atoms with Crippen LogP contribution in [-0.4, -0.2) is 49.7 Å². The average molecular weight is 238 g/mol. The van der Waals surface area contributed by atoms with E-state index in [0.717, 1.165) is 39.3 Å². The molecule has 0 bridgehead atoms. The lowest BCUT2D eigenvalue weighted by atomic mass is 10.0. The van der Waals surface area contributed by atoms with E-state index in [1.807, 2.05) is 0 Å². The van der Waals surface area contributed by atoms with E-state index < -0.39 is 0 Å². The fourth-order valence-electron chi connectivity index (χ4n) is 3.56. The predicted molar refractivity (Wildman–Crippen MR) is 64.6 cm³/mol. The summed E-state index contributed by atoms with van der Waals surface area (Å²) in [6.45, 7) is 4.25. The van der Waals surface area contributed by atoms with Crippen LogP contribution in [0.1, 0.15) is 25.7 Å². The molecule has 3 aliphatic rings. The lowest BCUT2D eigenvalue weighted by Crippen LogP contribution is -2.46. The molecule has 3 fully saturated rings. The first-order valence-electron chi connectivity index (χ1n) is 6.95. The molecular formula is C13H22N2O2. The minimum Gasteiger partial charge on any atom is -0.379 e. The topological polar surface area (TPSA) is 41.6 Å². The first-order chi connectivity index (χ1) is 8.36. The molecule has 0 aromatic carbocycles. The monoisotopic (exact) mass is 238 g/mol. The van der Waals surface area contributed by atoms with Gasteiger partial charge in [0.05, 0.1) is 19.1 Å². The van der Waals surface area contributed by atoms with Crippen molar-refractivity contribution in [3.05, 3.63) is 0 Å². The molecule has 0 radical (unpaired) electrons. The van der Waals surface area contributed by atoms with Crippen molar-refractivity contribution in [1.29, 1.82) is 0 Å². The van der Waals surface area contributed by atoms with E-state index in [-0.39, 0.29) is 5.92 Å². The molecule has 2 saturated heterocycles. The SMILES string of the molecule is O=C([C@@H]1CCNC1)N1CCOC[C@H]2CCC[C@@H]21. The quantitative estimate of drug-likeness (QED) is 0.728. The molecule has 4 heteroatoms. The molecule has 3 atom stereocenters. The summed E-state index contributed by atoms with van der Waals surface area (Å²) in [5.74, 6) is 1.18. The van der Waals surface area contributed by atoms with Gasteiger partial charge in [-0.25, -0.2) is 0 Å². The van der Waals surface area contributed by atoms with Crippen LogP contribution < -0.4 is 5.32 Å². The van der Waals surface area contributed by atoms with Crippen molar-refractivity contribution < 1.29 is 9.53 Å². The third kappa shape index (κ3) is 2.20. The van der Waals surface area contributed by atoms with E-state index in [4.69, 9.17) is 4.74 Å². The Bertz CT molecular complexity index is 289. The van der Waals surface area contributed by atoms with Crippen molar-refractivity contribution in [3.63, 3.8) is 0 Å². The zero-order valence-electron chi connectivity index (χ0n) is 10.4. The van der Waals surface area contributed by atoms with Gasteiger partial charge in [0, 0.05) is 25.0 Å². The number of nitrogens with one attached hydrogen (secondary N) is 1. The van der Waals surface area contributed by atoms with Crippen LogP contribution >= 0.6 is 0 Å². The highest BCUT2D eigenvalue weighted by molar-refractivity contribution is 5.79. The van der Waals surface area contributed by atoms with Crippen molar-refractivity contribution in [2.75, 3.05) is 32.8 Å². The molecule has 3 rings (SSSR count). The van der Waals surface area contributed by atoms with E-state index in [1.54, 1.807) is 0 Å². The highest BCUT2D eigenvalue weighted by Crippen LogP contribution is 2.33. The summed E-state index contributed by atoms with van der Waals surface area (Å²) in [5, 5.41) is 3.29. The number of carbonyl (C=O) groups excluding carboxylic acids is 1. The molecule has 17 heavy (non-hydrogen) atoms. The zero-order chi connectivity index (χ0) is 11.7. The maximum atomic E-state index is 12.5. The molecule has 1 N–H and O–H groups in total. The van der Waals surface area contributed by atoms with Gasteiger partial charge in [-0.05, 0) is 25.8 Å². The third-order valence-electron chi connectivity index (χ3n) is 4.52. The van der Waals surface area contributed by atoms with E-state index in [2.05, 4.69) is 10.2 Å². The number of rotatable bonds is 1. The standard InChI is InChI=1S/C13H22N2O2/c16-13(10-4-5-14-8-10)15-6-7-17-9-11-2-1-3-12(11)15/h10-12,14H,1-9H2/t10-,11-,12+/m1/s1. The molecule has 2 heterocycles. The van der Waals surface area contributed by atoms with Gasteiger partial charge in [0.15, 0.2) is 0 Å². The summed E-state index contributed by atoms with van der Waals surface area (Å²) in [4.78, 5) is 14.7. The molecule has 0 spiro atoms. The van der Waals surface area contributed by atoms with Crippen molar-refractivity contribution in [3.8, 4) is 0 Å². The fraction of sp³-hybridized carbons (Fsp3) is 0.923. The molecule has 96 valence electrons. The van der Waals surface area contributed by atoms with Crippen LogP contribution in [0.25, 0.3) is 0 Å². The van der Waals surface area contributed by atoms with Gasteiger partial charge in [-0.15, -0.1) is 0 Å². The van der Waals surface area contributed by atoms with Crippen molar-refractivity contribution in [1.82, 2.24) is 10.2 Å². The minimum atomic E-state index is 0.217. The molecule has 4 nitrogen and oxygen atoms in total. The maximum absolute atomic E-state index is 12.5. The Morgan fingerprint density at radius 2 is 2.24 bits per heavy atom. The number of carbonyl (C=O) groups is 1. The number of hydrogen-bond acceptors (Lipinski definition) is 3. The highest BCUT2D eigenvalue weighted by Gasteiger charge is 2.38. The van der Waals surface area contributed by atoms with Gasteiger partial charge in [-0.1, -0.05) is 6.42 Å². The van der Waals surface area contributed by atoms with Crippen LogP contribution in [0.4, 0.5) is 0 Å². The number of ether oxygens (including phenoxy) is 1. The van der Waals surface area contributed by atoms with Gasteiger partial charge in [-0.2, -0.15) is 0 Å². The Hall–Kier alpha value is -0.610. The molecule has 1 amide bonds. The van der Waals surface area contributed by atoms with Gasteiger partial charge < -0.3 is 15.0 Å². The van der Waals surface area contributed by atoms with Crippen LogP contribution in [-0.2, 0) is 9.53 Å². The number of nitrogens with zero attached hydrogens (tertiary/aromatic N) is 1. The van der Waals surface area contributed by atoms with Crippen LogP contribution in [0.15, 0.2) is 0 Å². The van der Waals surface area contributed by atoms with E-state index in [9.17, 15) is 4.79 Å². The molecular weight excluding hydrogens is 216 g/mol. The minimum absolute atomic E-state index is 0.217. The smallest absolute Gasteiger partial charge is 0.227 e. The van der Waals surface area contributed by atoms with Crippen LogP contribution in [0.3, 0.4) is 0 Å². The Kier molecular flexibility index (Phi) is 3.34. The van der Waals surface area contributed by atoms with Crippen molar-refractivity contribution >= 4 is 5.91 Å². The molecule has 0 aromatic rings. The van der Waals surface area contributed by atoms with Crippen molar-refractivity contribution in [2.45, 2.75) is 31.7 Å². The summed E-state index contributed by atoms with van der Waals surface area (Å²) in [7, 11) is 0. The largest absolute Gasteiger partial charge is 0.379 e. The second-order valence-corrected chi connectivity index (χ2v) is 5.55. The summed E-state index contributed by atoms with van der Waals surface area (Å²) in [6, 6.07) is 0.464. The second kappa shape index (κ2) is 4.94. The first-order valence-corrected chi connectivity index (χ1v) is 6.95. The highest BCUT2D eigenvalue weighted by atomic mass is 16.5. The molecule has 2 aliphatic heterocycles. The van der Waals surface area contributed by atoms with Crippen molar-refractivity contribution in [2.24, 2.45) is 11.8 Å². The normalized spacial score (nSPS) is 37.9.